The standard InChI is InChI=1S/C15H22N2O2/c1-11-9-16-15(2,3)14(18)17(10-11)12-7-5-6-8-13(12)19-4/h5-8,11,16H,9-10H2,1-4H3. The number of para-hydroxylation sites is 2. The molecule has 19 heavy (non-hydrogen) atoms. The molecule has 4 nitrogen and oxygen atoms in total. The van der Waals surface area contributed by atoms with Gasteiger partial charge in [0.15, 0.2) is 0 Å². The van der Waals surface area contributed by atoms with Crippen LogP contribution in [0.3, 0.4) is 0 Å². The minimum atomic E-state index is -0.550. The number of nitrogens with one attached hydrogen (secondary N) is 1. The molecule has 0 bridgehead atoms. The molecule has 1 aromatic rings. The fraction of sp³-hybridized carbons (Fsp3) is 0.533. The van der Waals surface area contributed by atoms with E-state index in [-0.39, 0.29) is 5.91 Å². The molecule has 104 valence electrons. The maximum absolute atomic E-state index is 12.7. The van der Waals surface area contributed by atoms with Gasteiger partial charge in [0.25, 0.3) is 0 Å². The molecule has 1 heterocycles. The molecule has 0 saturated carbocycles. The number of ether oxygens (including phenoxy) is 1. The summed E-state index contributed by atoms with van der Waals surface area (Å²) in [5, 5.41) is 3.33. The third-order valence-electron chi connectivity index (χ3n) is 3.54. The Morgan fingerprint density at radius 3 is 2.74 bits per heavy atom. The van der Waals surface area contributed by atoms with Crippen LogP contribution in [-0.2, 0) is 4.79 Å². The molecule has 1 atom stereocenters. The lowest BCUT2D eigenvalue weighted by molar-refractivity contribution is -0.123. The van der Waals surface area contributed by atoms with E-state index in [2.05, 4.69) is 12.2 Å². The molecule has 4 heteroatoms. The Kier molecular flexibility index (Phi) is 3.80. The lowest BCUT2D eigenvalue weighted by atomic mass is 10.0. The Morgan fingerprint density at radius 2 is 2.05 bits per heavy atom. The monoisotopic (exact) mass is 262 g/mol. The van der Waals surface area contributed by atoms with Crippen molar-refractivity contribution in [3.63, 3.8) is 0 Å². The highest BCUT2D eigenvalue weighted by Gasteiger charge is 2.37. The summed E-state index contributed by atoms with van der Waals surface area (Å²) in [6, 6.07) is 7.67. The second kappa shape index (κ2) is 5.21. The van der Waals surface area contributed by atoms with E-state index >= 15 is 0 Å². The lowest BCUT2D eigenvalue weighted by Gasteiger charge is -2.30. The third kappa shape index (κ3) is 2.73. The first kappa shape index (κ1) is 13.9. The minimum absolute atomic E-state index is 0.0846. The van der Waals surface area contributed by atoms with Crippen LogP contribution in [0.15, 0.2) is 24.3 Å². The van der Waals surface area contributed by atoms with Gasteiger partial charge in [-0.2, -0.15) is 0 Å². The number of hydrogen-bond donors (Lipinski definition) is 1. The molecular weight excluding hydrogens is 240 g/mol. The first-order chi connectivity index (χ1) is 8.95. The Hall–Kier alpha value is -1.55. The molecule has 1 amide bonds. The summed E-state index contributed by atoms with van der Waals surface area (Å²) in [6.45, 7) is 7.54. The van der Waals surface area contributed by atoms with E-state index in [1.165, 1.54) is 0 Å². The van der Waals surface area contributed by atoms with Crippen molar-refractivity contribution < 1.29 is 9.53 Å². The fourth-order valence-electron chi connectivity index (χ4n) is 2.36. The van der Waals surface area contributed by atoms with E-state index in [1.54, 1.807) is 7.11 Å². The molecular formula is C15H22N2O2. The van der Waals surface area contributed by atoms with Gasteiger partial charge in [-0.25, -0.2) is 0 Å². The number of anilines is 1. The van der Waals surface area contributed by atoms with Gasteiger partial charge in [0, 0.05) is 13.1 Å². The summed E-state index contributed by atoms with van der Waals surface area (Å²) in [5.41, 5.74) is 0.296. The van der Waals surface area contributed by atoms with E-state index in [0.29, 0.717) is 12.5 Å². The molecule has 0 aliphatic carbocycles. The molecule has 1 saturated heterocycles. The second-order valence-electron chi connectivity index (χ2n) is 5.70. The number of methoxy groups -OCH3 is 1. The Bertz CT molecular complexity index is 471. The molecule has 2 rings (SSSR count). The Labute approximate surface area is 114 Å². The smallest absolute Gasteiger partial charge is 0.246 e. The van der Waals surface area contributed by atoms with Crippen LogP contribution in [0.5, 0.6) is 5.75 Å². The van der Waals surface area contributed by atoms with Crippen LogP contribution >= 0.6 is 0 Å². The average molecular weight is 262 g/mol. The Morgan fingerprint density at radius 1 is 1.37 bits per heavy atom. The number of nitrogens with zero attached hydrogens (tertiary/aromatic N) is 1. The van der Waals surface area contributed by atoms with Gasteiger partial charge in [-0.1, -0.05) is 19.1 Å². The summed E-state index contributed by atoms with van der Waals surface area (Å²) in [6.07, 6.45) is 0. The zero-order valence-corrected chi connectivity index (χ0v) is 12.1. The summed E-state index contributed by atoms with van der Waals surface area (Å²) < 4.78 is 5.38. The van der Waals surface area contributed by atoms with Crippen LogP contribution in [0.2, 0.25) is 0 Å². The van der Waals surface area contributed by atoms with Gasteiger partial charge in [-0.15, -0.1) is 0 Å². The van der Waals surface area contributed by atoms with Gasteiger partial charge in [-0.3, -0.25) is 4.79 Å². The van der Waals surface area contributed by atoms with Crippen molar-refractivity contribution in [1.82, 2.24) is 5.32 Å². The predicted octanol–water partition coefficient (Wildman–Crippen LogP) is 2.05. The van der Waals surface area contributed by atoms with Crippen molar-refractivity contribution >= 4 is 11.6 Å². The molecule has 0 radical (unpaired) electrons. The lowest BCUT2D eigenvalue weighted by Crippen LogP contribution is -2.51. The zero-order chi connectivity index (χ0) is 14.0. The highest BCUT2D eigenvalue weighted by Crippen LogP contribution is 2.31. The van der Waals surface area contributed by atoms with Crippen molar-refractivity contribution in [2.75, 3.05) is 25.1 Å². The maximum atomic E-state index is 12.7. The molecule has 0 spiro atoms. The molecule has 1 N–H and O–H groups in total. The van der Waals surface area contributed by atoms with Crippen molar-refractivity contribution in [1.29, 1.82) is 0 Å². The van der Waals surface area contributed by atoms with Crippen LogP contribution in [0.25, 0.3) is 0 Å². The zero-order valence-electron chi connectivity index (χ0n) is 12.1. The van der Waals surface area contributed by atoms with Crippen LogP contribution < -0.4 is 15.0 Å². The second-order valence-corrected chi connectivity index (χ2v) is 5.70. The van der Waals surface area contributed by atoms with E-state index < -0.39 is 5.54 Å². The highest BCUT2D eigenvalue weighted by molar-refractivity contribution is 6.01. The van der Waals surface area contributed by atoms with Crippen LogP contribution in [0, 0.1) is 5.92 Å². The molecule has 1 aliphatic heterocycles. The van der Waals surface area contributed by atoms with Gasteiger partial charge in [-0.05, 0) is 31.9 Å². The largest absolute Gasteiger partial charge is 0.495 e. The molecule has 1 aliphatic rings. The number of carbonyl (C=O) groups excluding carboxylic acids is 1. The SMILES string of the molecule is COc1ccccc1N1CC(C)CNC(C)(C)C1=O. The fourth-order valence-corrected chi connectivity index (χ4v) is 2.36. The molecule has 1 fully saturated rings. The molecule has 0 aromatic heterocycles. The predicted molar refractivity (Wildman–Crippen MR) is 76.6 cm³/mol. The van der Waals surface area contributed by atoms with E-state index in [9.17, 15) is 4.79 Å². The average Bonchev–Trinajstić information content (AvgIpc) is 2.50. The number of benzene rings is 1. The number of carbonyl (C=O) groups is 1. The van der Waals surface area contributed by atoms with Crippen molar-refractivity contribution in [2.24, 2.45) is 5.92 Å². The van der Waals surface area contributed by atoms with Crippen LogP contribution in [0.4, 0.5) is 5.69 Å². The normalized spacial score (nSPS) is 23.1. The van der Waals surface area contributed by atoms with Gasteiger partial charge in [0.1, 0.15) is 5.75 Å². The summed E-state index contributed by atoms with van der Waals surface area (Å²) in [5.74, 6) is 1.22. The van der Waals surface area contributed by atoms with E-state index in [0.717, 1.165) is 18.0 Å². The molecule has 1 unspecified atom stereocenters. The maximum Gasteiger partial charge on any atom is 0.246 e. The molecule has 1 aromatic carbocycles. The number of rotatable bonds is 2. The Balaban J connectivity index is 2.42. The third-order valence-corrected chi connectivity index (χ3v) is 3.54. The van der Waals surface area contributed by atoms with Gasteiger partial charge < -0.3 is 15.0 Å². The van der Waals surface area contributed by atoms with E-state index in [4.69, 9.17) is 4.74 Å². The number of amides is 1. The van der Waals surface area contributed by atoms with Crippen molar-refractivity contribution in [3.8, 4) is 5.75 Å². The summed E-state index contributed by atoms with van der Waals surface area (Å²) in [4.78, 5) is 14.5. The van der Waals surface area contributed by atoms with Gasteiger partial charge in [0.2, 0.25) is 5.91 Å². The summed E-state index contributed by atoms with van der Waals surface area (Å²) in [7, 11) is 1.63. The quantitative estimate of drug-likeness (QED) is 0.887. The van der Waals surface area contributed by atoms with Crippen LogP contribution in [-0.4, -0.2) is 31.6 Å². The van der Waals surface area contributed by atoms with E-state index in [1.807, 2.05) is 43.0 Å². The highest BCUT2D eigenvalue weighted by atomic mass is 16.5. The van der Waals surface area contributed by atoms with Gasteiger partial charge in [0.05, 0.1) is 18.3 Å². The van der Waals surface area contributed by atoms with Crippen molar-refractivity contribution in [2.45, 2.75) is 26.3 Å². The number of hydrogen-bond acceptors (Lipinski definition) is 3. The topological polar surface area (TPSA) is 41.6 Å². The van der Waals surface area contributed by atoms with Gasteiger partial charge >= 0.3 is 0 Å². The van der Waals surface area contributed by atoms with Crippen molar-refractivity contribution in [3.05, 3.63) is 24.3 Å². The first-order valence-corrected chi connectivity index (χ1v) is 6.65. The van der Waals surface area contributed by atoms with Crippen LogP contribution in [0.1, 0.15) is 20.8 Å². The summed E-state index contributed by atoms with van der Waals surface area (Å²) >= 11 is 0. The first-order valence-electron chi connectivity index (χ1n) is 6.65. The minimum Gasteiger partial charge on any atom is -0.495 e.